The molecule has 1 aromatic rings. The summed E-state index contributed by atoms with van der Waals surface area (Å²) in [5.41, 5.74) is 7.35. The van der Waals surface area contributed by atoms with E-state index in [4.69, 9.17) is 5.73 Å². The third kappa shape index (κ3) is 3.28. The molecule has 0 aromatic carbocycles. The Labute approximate surface area is 98.3 Å². The van der Waals surface area contributed by atoms with E-state index in [0.717, 1.165) is 43.3 Å². The van der Waals surface area contributed by atoms with Gasteiger partial charge in [-0.3, -0.25) is 9.19 Å². The quantitative estimate of drug-likeness (QED) is 0.822. The molecule has 1 aliphatic heterocycles. The van der Waals surface area contributed by atoms with E-state index in [0.29, 0.717) is 5.69 Å². The van der Waals surface area contributed by atoms with Crippen LogP contribution in [0.4, 0.5) is 5.69 Å². The van der Waals surface area contributed by atoms with Gasteiger partial charge in [0.05, 0.1) is 11.9 Å². The first-order chi connectivity index (χ1) is 7.74. The number of rotatable bonds is 3. The van der Waals surface area contributed by atoms with Crippen LogP contribution < -0.4 is 5.73 Å². The molecule has 0 atom stereocenters. The smallest absolute Gasteiger partial charge is 0.0501 e. The maximum atomic E-state index is 11.2. The molecule has 1 aliphatic rings. The Balaban J connectivity index is 1.79. The van der Waals surface area contributed by atoms with Crippen LogP contribution in [0.2, 0.25) is 0 Å². The van der Waals surface area contributed by atoms with Crippen LogP contribution in [0.1, 0.15) is 5.69 Å². The second-order valence-electron chi connectivity index (χ2n) is 4.02. The normalized spacial score (nSPS) is 18.8. The summed E-state index contributed by atoms with van der Waals surface area (Å²) in [7, 11) is -0.586. The highest BCUT2D eigenvalue weighted by Crippen LogP contribution is 2.05. The van der Waals surface area contributed by atoms with Gasteiger partial charge in [0, 0.05) is 54.1 Å². The maximum absolute atomic E-state index is 11.2. The summed E-state index contributed by atoms with van der Waals surface area (Å²) < 4.78 is 11.2. The maximum Gasteiger partial charge on any atom is 0.0501 e. The number of nitrogens with two attached hydrogens (primary N) is 1. The van der Waals surface area contributed by atoms with Gasteiger partial charge in [0.25, 0.3) is 0 Å². The Kier molecular flexibility index (Phi) is 3.90. The Morgan fingerprint density at radius 2 is 2.12 bits per heavy atom. The minimum absolute atomic E-state index is 0.586. The first kappa shape index (κ1) is 11.5. The van der Waals surface area contributed by atoms with Gasteiger partial charge in [0.15, 0.2) is 0 Å². The first-order valence-electron chi connectivity index (χ1n) is 5.52. The number of nitrogen functional groups attached to an aromatic ring is 1. The molecule has 0 amide bonds. The number of anilines is 1. The highest BCUT2D eigenvalue weighted by molar-refractivity contribution is 7.85. The van der Waals surface area contributed by atoms with Gasteiger partial charge < -0.3 is 10.6 Å². The number of hydrogen-bond acceptors (Lipinski definition) is 4. The molecular weight excluding hydrogens is 222 g/mol. The van der Waals surface area contributed by atoms with Gasteiger partial charge >= 0.3 is 0 Å². The van der Waals surface area contributed by atoms with Crippen LogP contribution in [0.25, 0.3) is 0 Å². The molecule has 0 bridgehead atoms. The van der Waals surface area contributed by atoms with Crippen LogP contribution >= 0.6 is 0 Å². The Morgan fingerprint density at radius 3 is 2.75 bits per heavy atom. The Bertz CT molecular complexity index is 356. The molecule has 88 valence electrons. The molecule has 1 saturated heterocycles. The van der Waals surface area contributed by atoms with Crippen molar-refractivity contribution in [3.8, 4) is 0 Å². The predicted molar refractivity (Wildman–Crippen MR) is 66.7 cm³/mol. The molecule has 1 aromatic heterocycles. The SMILES string of the molecule is Nc1ccc(CCN2CCS(=O)CC2)nc1. The molecule has 0 radical (unpaired) electrons. The summed E-state index contributed by atoms with van der Waals surface area (Å²) in [6.45, 7) is 2.89. The summed E-state index contributed by atoms with van der Waals surface area (Å²) in [5.74, 6) is 1.63. The molecule has 0 saturated carbocycles. The summed E-state index contributed by atoms with van der Waals surface area (Å²) in [5, 5.41) is 0. The zero-order chi connectivity index (χ0) is 11.4. The van der Waals surface area contributed by atoms with Gasteiger partial charge in [0.2, 0.25) is 0 Å². The van der Waals surface area contributed by atoms with E-state index >= 15 is 0 Å². The number of pyridine rings is 1. The fourth-order valence-electron chi connectivity index (χ4n) is 1.76. The van der Waals surface area contributed by atoms with Gasteiger partial charge in [-0.15, -0.1) is 0 Å². The van der Waals surface area contributed by atoms with Crippen molar-refractivity contribution in [2.45, 2.75) is 6.42 Å². The van der Waals surface area contributed by atoms with Crippen molar-refractivity contribution in [1.82, 2.24) is 9.88 Å². The third-order valence-electron chi connectivity index (χ3n) is 2.80. The van der Waals surface area contributed by atoms with Crippen LogP contribution in [0, 0.1) is 0 Å². The number of hydrogen-bond donors (Lipinski definition) is 1. The third-order valence-corrected chi connectivity index (χ3v) is 4.08. The molecule has 2 N–H and O–H groups in total. The van der Waals surface area contributed by atoms with Gasteiger partial charge in [-0.2, -0.15) is 0 Å². The summed E-state index contributed by atoms with van der Waals surface area (Å²) >= 11 is 0. The average Bonchev–Trinajstić information content (AvgIpc) is 2.30. The average molecular weight is 239 g/mol. The van der Waals surface area contributed by atoms with E-state index in [1.807, 2.05) is 12.1 Å². The van der Waals surface area contributed by atoms with E-state index in [2.05, 4.69) is 9.88 Å². The number of aromatic nitrogens is 1. The topological polar surface area (TPSA) is 59.2 Å². The fraction of sp³-hybridized carbons (Fsp3) is 0.545. The van der Waals surface area contributed by atoms with E-state index in [-0.39, 0.29) is 0 Å². The second kappa shape index (κ2) is 5.41. The molecule has 5 heteroatoms. The molecule has 0 aliphatic carbocycles. The molecule has 16 heavy (non-hydrogen) atoms. The highest BCUT2D eigenvalue weighted by Gasteiger charge is 2.14. The number of nitrogens with zero attached hydrogens (tertiary/aromatic N) is 2. The highest BCUT2D eigenvalue weighted by atomic mass is 32.2. The van der Waals surface area contributed by atoms with Crippen LogP contribution in [-0.4, -0.2) is 45.2 Å². The minimum Gasteiger partial charge on any atom is -0.397 e. The predicted octanol–water partition coefficient (Wildman–Crippen LogP) is 0.271. The molecular formula is C11H17N3OS. The second-order valence-corrected chi connectivity index (χ2v) is 5.72. The summed E-state index contributed by atoms with van der Waals surface area (Å²) in [4.78, 5) is 6.61. The molecule has 0 spiro atoms. The van der Waals surface area contributed by atoms with Crippen LogP contribution in [-0.2, 0) is 17.2 Å². The lowest BCUT2D eigenvalue weighted by Gasteiger charge is -2.25. The van der Waals surface area contributed by atoms with E-state index in [9.17, 15) is 4.21 Å². The fourth-order valence-corrected chi connectivity index (χ4v) is 2.88. The van der Waals surface area contributed by atoms with E-state index < -0.39 is 10.8 Å². The van der Waals surface area contributed by atoms with Gasteiger partial charge in [-0.1, -0.05) is 0 Å². The first-order valence-corrected chi connectivity index (χ1v) is 7.00. The van der Waals surface area contributed by atoms with Crippen molar-refractivity contribution in [3.05, 3.63) is 24.0 Å². The van der Waals surface area contributed by atoms with Crippen molar-refractivity contribution in [3.63, 3.8) is 0 Å². The van der Waals surface area contributed by atoms with Gasteiger partial charge in [-0.25, -0.2) is 0 Å². The van der Waals surface area contributed by atoms with Crippen LogP contribution in [0.5, 0.6) is 0 Å². The Hall–Kier alpha value is -0.940. The van der Waals surface area contributed by atoms with Crippen molar-refractivity contribution in [2.75, 3.05) is 36.9 Å². The van der Waals surface area contributed by atoms with Crippen molar-refractivity contribution in [1.29, 1.82) is 0 Å². The van der Waals surface area contributed by atoms with Crippen LogP contribution in [0.3, 0.4) is 0 Å². The lowest BCUT2D eigenvalue weighted by Crippen LogP contribution is -2.38. The van der Waals surface area contributed by atoms with Crippen molar-refractivity contribution < 1.29 is 4.21 Å². The lowest BCUT2D eigenvalue weighted by molar-refractivity contribution is 0.302. The summed E-state index contributed by atoms with van der Waals surface area (Å²) in [6, 6.07) is 3.85. The minimum atomic E-state index is -0.586. The van der Waals surface area contributed by atoms with Gasteiger partial charge in [0.1, 0.15) is 0 Å². The zero-order valence-electron chi connectivity index (χ0n) is 9.26. The largest absolute Gasteiger partial charge is 0.397 e. The monoisotopic (exact) mass is 239 g/mol. The van der Waals surface area contributed by atoms with E-state index in [1.54, 1.807) is 6.20 Å². The van der Waals surface area contributed by atoms with E-state index in [1.165, 1.54) is 0 Å². The lowest BCUT2D eigenvalue weighted by atomic mass is 10.2. The summed E-state index contributed by atoms with van der Waals surface area (Å²) in [6.07, 6.45) is 2.63. The molecule has 1 fully saturated rings. The van der Waals surface area contributed by atoms with Crippen molar-refractivity contribution in [2.24, 2.45) is 0 Å². The Morgan fingerprint density at radius 1 is 1.38 bits per heavy atom. The standard InChI is InChI=1S/C11H17N3OS/c12-10-1-2-11(13-9-10)3-4-14-5-7-16(15)8-6-14/h1-2,9H,3-8,12H2. The molecule has 0 unspecified atom stereocenters. The molecule has 4 nitrogen and oxygen atoms in total. The molecule has 2 heterocycles. The van der Waals surface area contributed by atoms with Crippen LogP contribution in [0.15, 0.2) is 18.3 Å². The zero-order valence-corrected chi connectivity index (χ0v) is 10.1. The molecule has 2 rings (SSSR count). The van der Waals surface area contributed by atoms with Gasteiger partial charge in [-0.05, 0) is 12.1 Å². The van der Waals surface area contributed by atoms with Crippen molar-refractivity contribution >= 4 is 16.5 Å².